The Bertz CT molecular complexity index is 653. The molecule has 0 aliphatic carbocycles. The number of rotatable bonds is 2. The third-order valence-corrected chi connectivity index (χ3v) is 3.34. The topological polar surface area (TPSA) is 119 Å². The summed E-state index contributed by atoms with van der Waals surface area (Å²) in [4.78, 5) is 11.7. The molecule has 10 heteroatoms. The standard InChI is InChI=1S/C10H11ClFN5O3/c11-10-15-7(13)5-8(16-10)17(2-14-5)9-4(12)6(19)3(1-18)20-9/h2-4,6,9,18-19H,1H2,(H2,13,15,16)/t3-,4+,6-,9+/m1/s1/i10+1,13+1,15+1,16+1. The fourth-order valence-corrected chi connectivity index (χ4v) is 2.35. The maximum absolute atomic E-state index is 14.1. The van der Waals surface area contributed by atoms with Gasteiger partial charge in [-0.3, -0.25) is 4.57 Å². The van der Waals surface area contributed by atoms with E-state index < -0.39 is 31.2 Å². The number of hydrogen-bond donors (Lipinski definition) is 3. The van der Waals surface area contributed by atoms with E-state index in [4.69, 9.17) is 27.2 Å². The van der Waals surface area contributed by atoms with Crippen LogP contribution in [0.2, 0.25) is 5.28 Å². The van der Waals surface area contributed by atoms with Crippen molar-refractivity contribution < 1.29 is 19.3 Å². The van der Waals surface area contributed by atoms with Gasteiger partial charge in [0.05, 0.1) is 12.9 Å². The normalized spacial score (nSPS) is 30.2. The van der Waals surface area contributed by atoms with E-state index in [1.54, 1.807) is 0 Å². The van der Waals surface area contributed by atoms with E-state index in [9.17, 15) is 9.50 Å². The summed E-state index contributed by atoms with van der Waals surface area (Å²) < 4.78 is 20.6. The second kappa shape index (κ2) is 4.77. The third-order valence-electron chi connectivity index (χ3n) is 3.17. The summed E-state index contributed by atoms with van der Waals surface area (Å²) in [6, 6.07) is 0. The van der Waals surface area contributed by atoms with Gasteiger partial charge in [0.25, 0.3) is 0 Å². The Labute approximate surface area is 117 Å². The number of anilines is 1. The fraction of sp³-hybridized carbons (Fsp3) is 0.500. The molecule has 1 fully saturated rings. The largest absolute Gasteiger partial charge is 0.394 e. The number of halogens is 2. The number of aliphatic hydroxyl groups is 2. The first-order valence-corrected chi connectivity index (χ1v) is 6.14. The summed E-state index contributed by atoms with van der Waals surface area (Å²) in [6.45, 7) is -0.497. The number of nitrogens with zero attached hydrogens (tertiary/aromatic N) is 4. The van der Waals surface area contributed by atoms with Gasteiger partial charge in [-0.25, -0.2) is 9.37 Å². The van der Waals surface area contributed by atoms with E-state index in [0.717, 1.165) is 0 Å². The first-order valence-electron chi connectivity index (χ1n) is 5.77. The van der Waals surface area contributed by atoms with E-state index in [1.807, 2.05) is 0 Å². The van der Waals surface area contributed by atoms with Crippen molar-refractivity contribution in [3.05, 3.63) is 11.6 Å². The minimum Gasteiger partial charge on any atom is -0.394 e. The first-order chi connectivity index (χ1) is 9.52. The molecule has 3 rings (SSSR count). The molecule has 8 nitrogen and oxygen atoms in total. The lowest BCUT2D eigenvalue weighted by atomic mass is 10.1. The zero-order valence-corrected chi connectivity index (χ0v) is 10.8. The zero-order valence-electron chi connectivity index (χ0n) is 10.0. The van der Waals surface area contributed by atoms with Crippen molar-refractivity contribution in [3.8, 4) is 0 Å². The Balaban J connectivity index is 2.07. The predicted molar refractivity (Wildman–Crippen MR) is 66.6 cm³/mol. The van der Waals surface area contributed by atoms with Gasteiger partial charge in [0.2, 0.25) is 5.28 Å². The van der Waals surface area contributed by atoms with E-state index in [0.29, 0.717) is 0 Å². The summed E-state index contributed by atoms with van der Waals surface area (Å²) in [5.74, 6) is 0.0615. The number of ether oxygens (including phenoxy) is 1. The van der Waals surface area contributed by atoms with Crippen molar-refractivity contribution in [2.75, 3.05) is 12.3 Å². The van der Waals surface area contributed by atoms with Crippen molar-refractivity contribution in [3.63, 3.8) is 0 Å². The number of aromatic nitrogens is 4. The lowest BCUT2D eigenvalue weighted by molar-refractivity contribution is -0.0459. The van der Waals surface area contributed by atoms with Gasteiger partial charge < -0.3 is 20.7 Å². The number of nitrogens with two attached hydrogens (primary N) is 1. The molecule has 2 aromatic rings. The van der Waals surface area contributed by atoms with Gasteiger partial charge in [-0.05, 0) is 11.6 Å². The second-order valence-corrected chi connectivity index (χ2v) is 4.72. The molecule has 108 valence electrons. The number of aliphatic hydroxyl groups excluding tert-OH is 2. The number of nitrogen functional groups attached to an aromatic ring is 1. The molecule has 0 bridgehead atoms. The highest BCUT2D eigenvalue weighted by Crippen LogP contribution is 2.34. The molecule has 0 unspecified atom stereocenters. The minimum absolute atomic E-state index is 0.0615. The van der Waals surface area contributed by atoms with Gasteiger partial charge >= 0.3 is 0 Å². The van der Waals surface area contributed by atoms with Crippen LogP contribution in [-0.2, 0) is 4.74 Å². The summed E-state index contributed by atoms with van der Waals surface area (Å²) in [5.41, 5.74) is 6.10. The van der Waals surface area contributed by atoms with Crippen molar-refractivity contribution in [1.82, 2.24) is 19.5 Å². The van der Waals surface area contributed by atoms with Gasteiger partial charge in [-0.15, -0.1) is 0 Å². The molecule has 0 radical (unpaired) electrons. The van der Waals surface area contributed by atoms with E-state index in [-0.39, 0.29) is 22.3 Å². The van der Waals surface area contributed by atoms with Crippen molar-refractivity contribution in [1.29, 1.82) is 0 Å². The summed E-state index contributed by atoms with van der Waals surface area (Å²) in [7, 11) is 0. The molecule has 1 aliphatic heterocycles. The predicted octanol–water partition coefficient (Wildman–Crippen LogP) is -0.349. The van der Waals surface area contributed by atoms with Gasteiger partial charge in [0.15, 0.2) is 23.9 Å². The van der Waals surface area contributed by atoms with E-state index >= 15 is 0 Å². The zero-order chi connectivity index (χ0) is 14.4. The highest BCUT2D eigenvalue weighted by atomic mass is 35.5. The number of alkyl halides is 1. The average Bonchev–Trinajstić information content (AvgIpc) is 2.93. The lowest BCUT2D eigenvalue weighted by Gasteiger charge is -2.15. The quantitative estimate of drug-likeness (QED) is 0.512. The molecular formula is C10H11ClFN5O3. The molecule has 0 aromatic carbocycles. The number of fused-ring (bicyclic) bond motifs is 1. The Hall–Kier alpha value is -1.55. The van der Waals surface area contributed by atoms with Crippen LogP contribution in [-0.4, -0.2) is 54.7 Å². The SMILES string of the molecule is [15NH2]c1[15n][13c](Cl)[15n]c2c1ncn2[C@H]1O[C@H](CO)[C@@H](O)[C@@H]1F. The summed E-state index contributed by atoms with van der Waals surface area (Å²) in [5, 5.41) is 18.6. The number of imidazole rings is 1. The minimum atomic E-state index is -1.74. The van der Waals surface area contributed by atoms with Crippen LogP contribution in [0.3, 0.4) is 0 Å². The average molecular weight is 308 g/mol. The highest BCUT2D eigenvalue weighted by Gasteiger charge is 2.45. The molecule has 0 amide bonds. The van der Waals surface area contributed by atoms with Gasteiger partial charge in [0.1, 0.15) is 17.7 Å². The lowest BCUT2D eigenvalue weighted by Crippen LogP contribution is -2.30. The molecule has 4 atom stereocenters. The molecule has 4 N–H and O–H groups in total. The third kappa shape index (κ3) is 1.90. The second-order valence-electron chi connectivity index (χ2n) is 4.38. The smallest absolute Gasteiger partial charge is 0.226 e. The first kappa shape index (κ1) is 13.4. The maximum atomic E-state index is 14.1. The van der Waals surface area contributed by atoms with Crippen LogP contribution in [0.1, 0.15) is 6.23 Å². The van der Waals surface area contributed by atoms with Crippen LogP contribution < -0.4 is 5.73 Å². The molecule has 1 saturated heterocycles. The molecule has 0 saturated carbocycles. The Morgan fingerprint density at radius 3 is 2.90 bits per heavy atom. The molecule has 2 aromatic heterocycles. The molecular weight excluding hydrogens is 297 g/mol. The fourth-order valence-electron chi connectivity index (χ4n) is 2.18. The van der Waals surface area contributed by atoms with Crippen LogP contribution in [0.15, 0.2) is 6.33 Å². The van der Waals surface area contributed by atoms with Crippen molar-refractivity contribution >= 4 is 28.6 Å². The summed E-state index contributed by atoms with van der Waals surface area (Å²) in [6.07, 6.45) is -4.08. The van der Waals surface area contributed by atoms with Gasteiger partial charge in [0, 0.05) is 0 Å². The van der Waals surface area contributed by atoms with Crippen LogP contribution in [0.25, 0.3) is 11.2 Å². The van der Waals surface area contributed by atoms with Crippen LogP contribution in [0.4, 0.5) is 10.2 Å². The maximum Gasteiger partial charge on any atom is 0.226 e. The van der Waals surface area contributed by atoms with E-state index in [2.05, 4.69) is 15.0 Å². The van der Waals surface area contributed by atoms with E-state index in [1.165, 1.54) is 10.9 Å². The van der Waals surface area contributed by atoms with Gasteiger partial charge in [-0.1, -0.05) is 0 Å². The highest BCUT2D eigenvalue weighted by molar-refractivity contribution is 6.28. The van der Waals surface area contributed by atoms with Crippen LogP contribution in [0, 0.1) is 0 Å². The monoisotopic (exact) mass is 307 g/mol. The van der Waals surface area contributed by atoms with Gasteiger partial charge in [-0.2, -0.15) is 9.97 Å². The number of hydrogen-bond acceptors (Lipinski definition) is 7. The Kier molecular flexibility index (Phi) is 3.21. The Morgan fingerprint density at radius 2 is 2.25 bits per heavy atom. The molecule has 1 aliphatic rings. The molecule has 3 heterocycles. The van der Waals surface area contributed by atoms with Crippen molar-refractivity contribution in [2.45, 2.75) is 24.6 Å². The van der Waals surface area contributed by atoms with Crippen molar-refractivity contribution in [2.24, 2.45) is 0 Å². The van der Waals surface area contributed by atoms with Crippen LogP contribution in [0.5, 0.6) is 0 Å². The summed E-state index contributed by atoms with van der Waals surface area (Å²) >= 11 is 5.71. The Morgan fingerprint density at radius 1 is 1.50 bits per heavy atom. The molecule has 20 heavy (non-hydrogen) atoms. The molecule has 0 spiro atoms. The van der Waals surface area contributed by atoms with Crippen LogP contribution >= 0.6 is 11.6 Å².